The third kappa shape index (κ3) is 4.07. The summed E-state index contributed by atoms with van der Waals surface area (Å²) in [6, 6.07) is -0.748. The Morgan fingerprint density at radius 3 is 2.59 bits per heavy atom. The minimum atomic E-state index is -3.53. The largest absolute Gasteiger partial charge is 0.327 e. The second-order valence-corrected chi connectivity index (χ2v) is 12.4. The van der Waals surface area contributed by atoms with Gasteiger partial charge in [0.25, 0.3) is 0 Å². The average Bonchev–Trinajstić information content (AvgIpc) is 3.16. The van der Waals surface area contributed by atoms with E-state index in [9.17, 15) is 22.8 Å². The van der Waals surface area contributed by atoms with Gasteiger partial charge in [0.15, 0.2) is 5.78 Å². The van der Waals surface area contributed by atoms with Crippen molar-refractivity contribution in [3.8, 4) is 0 Å². The van der Waals surface area contributed by atoms with E-state index in [0.717, 1.165) is 36.3 Å². The summed E-state index contributed by atoms with van der Waals surface area (Å²) < 4.78 is 28.5. The van der Waals surface area contributed by atoms with E-state index < -0.39 is 33.1 Å². The first-order valence-corrected chi connectivity index (χ1v) is 13.0. The molecular weight excluding hydrogens is 414 g/mol. The molecule has 3 amide bonds. The number of nitrogens with zero attached hydrogens (tertiary/aromatic N) is 2. The fraction of sp³-hybridized carbons (Fsp3) is 0.842. The molecule has 0 aromatic carbocycles. The summed E-state index contributed by atoms with van der Waals surface area (Å²) in [5.41, 5.74) is -0.351. The SMILES string of the molecule is CN1C(=O)N(CC(=O)C2CCCS2)C(=O)C2CC(S(=O)(=O)NC3(C)CC3)CCC21. The first-order chi connectivity index (χ1) is 13.6. The molecule has 4 aliphatic rings. The van der Waals surface area contributed by atoms with Crippen molar-refractivity contribution in [1.82, 2.24) is 14.5 Å². The molecule has 10 heteroatoms. The van der Waals surface area contributed by atoms with Crippen LogP contribution in [0.4, 0.5) is 4.79 Å². The van der Waals surface area contributed by atoms with E-state index in [1.165, 1.54) is 4.90 Å². The summed E-state index contributed by atoms with van der Waals surface area (Å²) in [5.74, 6) is -0.144. The Morgan fingerprint density at radius 2 is 1.97 bits per heavy atom. The number of amides is 3. The molecule has 4 atom stereocenters. The predicted octanol–water partition coefficient (Wildman–Crippen LogP) is 1.35. The Bertz CT molecular complexity index is 820. The van der Waals surface area contributed by atoms with Crippen LogP contribution in [0.15, 0.2) is 0 Å². The first-order valence-electron chi connectivity index (χ1n) is 10.4. The summed E-state index contributed by atoms with van der Waals surface area (Å²) in [4.78, 5) is 41.0. The van der Waals surface area contributed by atoms with Gasteiger partial charge in [-0.25, -0.2) is 17.9 Å². The number of hydrogen-bond donors (Lipinski definition) is 1. The van der Waals surface area contributed by atoms with Crippen molar-refractivity contribution in [2.75, 3.05) is 19.3 Å². The molecule has 4 rings (SSSR count). The smallest absolute Gasteiger partial charge is 0.324 e. The normalized spacial score (nSPS) is 34.3. The number of carbonyl (C=O) groups is 3. The zero-order valence-corrected chi connectivity index (χ0v) is 18.6. The summed E-state index contributed by atoms with van der Waals surface area (Å²) in [5, 5.41) is -0.795. The van der Waals surface area contributed by atoms with Crippen LogP contribution in [0.25, 0.3) is 0 Å². The highest BCUT2D eigenvalue weighted by atomic mass is 32.2. The molecule has 162 valence electrons. The predicted molar refractivity (Wildman–Crippen MR) is 110 cm³/mol. The molecule has 8 nitrogen and oxygen atoms in total. The monoisotopic (exact) mass is 443 g/mol. The van der Waals surface area contributed by atoms with Gasteiger partial charge < -0.3 is 4.90 Å². The quantitative estimate of drug-likeness (QED) is 0.665. The first kappa shape index (κ1) is 21.1. The molecule has 2 saturated heterocycles. The van der Waals surface area contributed by atoms with Gasteiger partial charge in [-0.1, -0.05) is 0 Å². The van der Waals surface area contributed by atoms with Gasteiger partial charge in [-0.15, -0.1) is 0 Å². The van der Waals surface area contributed by atoms with Crippen LogP contribution in [0, 0.1) is 5.92 Å². The maximum absolute atomic E-state index is 13.1. The number of imide groups is 1. The molecule has 2 heterocycles. The fourth-order valence-electron chi connectivity index (χ4n) is 4.70. The number of ketones is 1. The zero-order chi connectivity index (χ0) is 21.0. The standard InChI is InChI=1S/C19H29N3O5S2/c1-19(7-8-19)20-29(26,27)12-5-6-14-13(10-12)17(24)22(18(25)21(14)2)11-15(23)16-4-3-9-28-16/h12-14,16,20H,3-11H2,1-2H3. The molecule has 0 bridgehead atoms. The van der Waals surface area contributed by atoms with Crippen LogP contribution in [0.5, 0.6) is 0 Å². The van der Waals surface area contributed by atoms with Gasteiger partial charge >= 0.3 is 6.03 Å². The second-order valence-electron chi connectivity index (χ2n) is 9.10. The van der Waals surface area contributed by atoms with Gasteiger partial charge in [-0.05, 0) is 57.6 Å². The molecule has 2 aliphatic carbocycles. The highest BCUT2D eigenvalue weighted by Gasteiger charge is 2.51. The van der Waals surface area contributed by atoms with E-state index in [4.69, 9.17) is 0 Å². The molecule has 0 aromatic heterocycles. The number of thioether (sulfide) groups is 1. The van der Waals surface area contributed by atoms with Crippen molar-refractivity contribution in [3.63, 3.8) is 0 Å². The van der Waals surface area contributed by atoms with E-state index >= 15 is 0 Å². The maximum Gasteiger partial charge on any atom is 0.327 e. The van der Waals surface area contributed by atoms with Crippen molar-refractivity contribution >= 4 is 39.5 Å². The minimum Gasteiger partial charge on any atom is -0.324 e. The van der Waals surface area contributed by atoms with Gasteiger partial charge in [0.05, 0.1) is 23.0 Å². The lowest BCUT2D eigenvalue weighted by Crippen LogP contribution is -2.63. The number of hydrogen-bond acceptors (Lipinski definition) is 6. The fourth-order valence-corrected chi connectivity index (χ4v) is 7.88. The Balaban J connectivity index is 1.48. The van der Waals surface area contributed by atoms with Crippen LogP contribution < -0.4 is 4.72 Å². The average molecular weight is 444 g/mol. The van der Waals surface area contributed by atoms with E-state index in [1.54, 1.807) is 18.8 Å². The van der Waals surface area contributed by atoms with Gasteiger partial charge in [-0.3, -0.25) is 14.5 Å². The van der Waals surface area contributed by atoms with Crippen molar-refractivity contribution in [1.29, 1.82) is 0 Å². The maximum atomic E-state index is 13.1. The Labute approximate surface area is 176 Å². The highest BCUT2D eigenvalue weighted by molar-refractivity contribution is 8.00. The molecule has 1 N–H and O–H groups in total. The van der Waals surface area contributed by atoms with Crippen LogP contribution >= 0.6 is 11.8 Å². The molecule has 29 heavy (non-hydrogen) atoms. The summed E-state index contributed by atoms with van der Waals surface area (Å²) in [7, 11) is -1.89. The van der Waals surface area contributed by atoms with Crippen LogP contribution in [-0.2, 0) is 19.6 Å². The lowest BCUT2D eigenvalue weighted by Gasteiger charge is -2.46. The molecule has 2 saturated carbocycles. The van der Waals surface area contributed by atoms with Crippen molar-refractivity contribution < 1.29 is 22.8 Å². The molecule has 0 aromatic rings. The van der Waals surface area contributed by atoms with Gasteiger partial charge in [-0.2, -0.15) is 11.8 Å². The Hall–Kier alpha value is -1.13. The number of carbonyl (C=O) groups excluding carboxylic acids is 3. The molecule has 2 aliphatic heterocycles. The van der Waals surface area contributed by atoms with Crippen molar-refractivity contribution in [2.24, 2.45) is 5.92 Å². The molecule has 0 radical (unpaired) electrons. The van der Waals surface area contributed by atoms with Crippen molar-refractivity contribution in [3.05, 3.63) is 0 Å². The number of nitrogens with one attached hydrogen (secondary N) is 1. The van der Waals surface area contributed by atoms with Crippen molar-refractivity contribution in [2.45, 2.75) is 74.0 Å². The third-order valence-electron chi connectivity index (χ3n) is 6.81. The molecule has 4 fully saturated rings. The number of sulfonamides is 1. The number of rotatable bonds is 6. The third-order valence-corrected chi connectivity index (χ3v) is 10.3. The minimum absolute atomic E-state index is 0.0932. The molecule has 4 unspecified atom stereocenters. The lowest BCUT2D eigenvalue weighted by molar-refractivity contribution is -0.142. The van der Waals surface area contributed by atoms with Crippen LogP contribution in [0.1, 0.15) is 51.9 Å². The van der Waals surface area contributed by atoms with Crippen LogP contribution in [0.3, 0.4) is 0 Å². The second kappa shape index (κ2) is 7.53. The zero-order valence-electron chi connectivity index (χ0n) is 16.9. The van der Waals surface area contributed by atoms with Crippen LogP contribution in [-0.4, -0.2) is 77.4 Å². The molecule has 0 spiro atoms. The van der Waals surface area contributed by atoms with Gasteiger partial charge in [0, 0.05) is 18.6 Å². The summed E-state index contributed by atoms with van der Waals surface area (Å²) in [6.45, 7) is 1.68. The Morgan fingerprint density at radius 1 is 1.24 bits per heavy atom. The van der Waals surface area contributed by atoms with E-state index in [2.05, 4.69) is 4.72 Å². The van der Waals surface area contributed by atoms with Gasteiger partial charge in [0.2, 0.25) is 15.9 Å². The molecular formula is C19H29N3O5S2. The Kier molecular flexibility index (Phi) is 5.48. The highest BCUT2D eigenvalue weighted by Crippen LogP contribution is 2.40. The summed E-state index contributed by atoms with van der Waals surface area (Å²) >= 11 is 1.58. The van der Waals surface area contributed by atoms with E-state index in [1.807, 2.05) is 6.92 Å². The topological polar surface area (TPSA) is 104 Å². The lowest BCUT2D eigenvalue weighted by atomic mass is 9.81. The number of urea groups is 1. The number of fused-ring (bicyclic) bond motifs is 1. The van der Waals surface area contributed by atoms with E-state index in [0.29, 0.717) is 12.8 Å². The van der Waals surface area contributed by atoms with E-state index in [-0.39, 0.29) is 35.6 Å². The number of Topliss-reactive ketones (excluding diaryl/α,β-unsaturated/α-hetero) is 1. The van der Waals surface area contributed by atoms with Crippen LogP contribution in [0.2, 0.25) is 0 Å². The van der Waals surface area contributed by atoms with Gasteiger partial charge in [0.1, 0.15) is 0 Å². The summed E-state index contributed by atoms with van der Waals surface area (Å²) in [6.07, 6.45) is 4.50.